The van der Waals surface area contributed by atoms with Gasteiger partial charge in [0.25, 0.3) is 0 Å². The Morgan fingerprint density at radius 1 is 0.800 bits per heavy atom. The van der Waals surface area contributed by atoms with Gasteiger partial charge in [-0.1, -0.05) is 60.7 Å². The third-order valence-corrected chi connectivity index (χ3v) is 9.57. The van der Waals surface area contributed by atoms with Crippen LogP contribution < -0.4 is 19.5 Å². The number of anilines is 1. The van der Waals surface area contributed by atoms with Crippen LogP contribution in [0.25, 0.3) is 5.69 Å². The molecule has 0 atom stereocenters. The van der Waals surface area contributed by atoms with E-state index in [1.54, 1.807) is 12.1 Å². The van der Waals surface area contributed by atoms with Gasteiger partial charge in [0.15, 0.2) is 5.82 Å². The van der Waals surface area contributed by atoms with Gasteiger partial charge in [0.1, 0.15) is 30.5 Å². The third-order valence-electron chi connectivity index (χ3n) is 8.63. The summed E-state index contributed by atoms with van der Waals surface area (Å²) in [6.07, 6.45) is 3.31. The molecule has 1 N–H and O–H groups in total. The summed E-state index contributed by atoms with van der Waals surface area (Å²) in [7, 11) is 0. The molecule has 0 saturated carbocycles. The summed E-state index contributed by atoms with van der Waals surface area (Å²) >= 11 is 1.53. The monoisotopic (exact) mass is 682 g/mol. The second kappa shape index (κ2) is 15.3. The van der Waals surface area contributed by atoms with Crippen LogP contribution in [0.4, 0.5) is 5.69 Å². The molecule has 1 aromatic heterocycles. The number of hydrogen-bond donors (Lipinski definition) is 1. The lowest BCUT2D eigenvalue weighted by Crippen LogP contribution is -2.07. The summed E-state index contributed by atoms with van der Waals surface area (Å²) in [4.78, 5) is 12.3. The van der Waals surface area contributed by atoms with Crippen LogP contribution in [-0.4, -0.2) is 20.7 Å². The maximum absolute atomic E-state index is 11.3. The predicted molar refractivity (Wildman–Crippen MR) is 195 cm³/mol. The number of fused-ring (bicyclic) bond motifs is 1. The minimum Gasteiger partial charge on any atom is -0.489 e. The summed E-state index contributed by atoms with van der Waals surface area (Å²) in [6, 6.07) is 38.0. The number of aromatic nitrogens is 3. The first-order valence-corrected chi connectivity index (χ1v) is 17.6. The number of nitrogens with one attached hydrogen (secondary N) is 1. The van der Waals surface area contributed by atoms with Gasteiger partial charge in [-0.25, -0.2) is 0 Å². The molecule has 0 spiro atoms. The van der Waals surface area contributed by atoms with Crippen molar-refractivity contribution in [2.45, 2.75) is 62.9 Å². The standard InChI is InChI=1S/C41H38N4O4S/c1-28-16-23-38(37-15-9-14-36(28)37)48-27-40-43-44-41(45(40)33-12-7-4-8-13-33)50-35-22-17-31(39(24-35)47-26-30-10-5-3-6-11-30)25-42-32-18-20-34(21-19-32)49-29(2)46/h3-8,10-13,16-24,42H,9,14-15,25-27H2,1-2H3. The van der Waals surface area contributed by atoms with E-state index in [0.29, 0.717) is 25.5 Å². The Labute approximate surface area is 296 Å². The molecule has 50 heavy (non-hydrogen) atoms. The Bertz CT molecular complexity index is 2080. The number of para-hydroxylation sites is 1. The average Bonchev–Trinajstić information content (AvgIpc) is 3.80. The summed E-state index contributed by atoms with van der Waals surface area (Å²) in [5.41, 5.74) is 8.02. The Morgan fingerprint density at radius 3 is 2.32 bits per heavy atom. The fraction of sp³-hybridized carbons (Fsp3) is 0.195. The Balaban J connectivity index is 1.13. The van der Waals surface area contributed by atoms with Crippen LogP contribution in [0.1, 0.15) is 47.0 Å². The van der Waals surface area contributed by atoms with E-state index < -0.39 is 0 Å². The van der Waals surface area contributed by atoms with Gasteiger partial charge in [0.05, 0.1) is 0 Å². The molecule has 0 aliphatic heterocycles. The van der Waals surface area contributed by atoms with Crippen molar-refractivity contribution in [2.24, 2.45) is 0 Å². The minimum atomic E-state index is -0.347. The van der Waals surface area contributed by atoms with Crippen LogP contribution in [0.5, 0.6) is 17.2 Å². The molecule has 1 aliphatic carbocycles. The SMILES string of the molecule is CC(=O)Oc1ccc(NCc2ccc(Sc3nnc(COc4ccc(C)c5c4CCC5)n3-c3ccccc3)cc2OCc2ccccc2)cc1. The van der Waals surface area contributed by atoms with Crippen molar-refractivity contribution in [3.63, 3.8) is 0 Å². The first-order chi connectivity index (χ1) is 24.5. The number of hydrogen-bond acceptors (Lipinski definition) is 8. The zero-order valence-electron chi connectivity index (χ0n) is 28.1. The van der Waals surface area contributed by atoms with Crippen molar-refractivity contribution in [2.75, 3.05) is 5.32 Å². The molecule has 7 rings (SSSR count). The molecule has 252 valence electrons. The Hall–Kier alpha value is -5.54. The second-order valence-electron chi connectivity index (χ2n) is 12.2. The summed E-state index contributed by atoms with van der Waals surface area (Å²) in [5.74, 6) is 2.59. The van der Waals surface area contributed by atoms with E-state index in [1.807, 2.05) is 48.5 Å². The van der Waals surface area contributed by atoms with E-state index >= 15 is 0 Å². The second-order valence-corrected chi connectivity index (χ2v) is 13.2. The van der Waals surface area contributed by atoms with E-state index in [2.05, 4.69) is 81.6 Å². The maximum Gasteiger partial charge on any atom is 0.308 e. The van der Waals surface area contributed by atoms with Crippen molar-refractivity contribution in [3.8, 4) is 22.9 Å². The lowest BCUT2D eigenvalue weighted by atomic mass is 10.0. The molecule has 9 heteroatoms. The molecule has 0 saturated heterocycles. The predicted octanol–water partition coefficient (Wildman–Crippen LogP) is 8.91. The number of aryl methyl sites for hydroxylation is 1. The van der Waals surface area contributed by atoms with Crippen molar-refractivity contribution >= 4 is 23.4 Å². The molecule has 0 unspecified atom stereocenters. The largest absolute Gasteiger partial charge is 0.489 e. The smallest absolute Gasteiger partial charge is 0.308 e. The van der Waals surface area contributed by atoms with E-state index in [1.165, 1.54) is 35.4 Å². The molecule has 0 fully saturated rings. The summed E-state index contributed by atoms with van der Waals surface area (Å²) in [5, 5.41) is 13.5. The highest BCUT2D eigenvalue weighted by Gasteiger charge is 2.21. The highest BCUT2D eigenvalue weighted by atomic mass is 32.2. The first-order valence-electron chi connectivity index (χ1n) is 16.7. The van der Waals surface area contributed by atoms with Crippen molar-refractivity contribution in [1.82, 2.24) is 14.8 Å². The van der Waals surface area contributed by atoms with E-state index in [9.17, 15) is 4.79 Å². The first kappa shape index (κ1) is 33.0. The zero-order valence-corrected chi connectivity index (χ0v) is 28.9. The van der Waals surface area contributed by atoms with Crippen LogP contribution in [0, 0.1) is 6.92 Å². The van der Waals surface area contributed by atoms with Gasteiger partial charge in [-0.2, -0.15) is 0 Å². The molecule has 0 bridgehead atoms. The van der Waals surface area contributed by atoms with E-state index in [-0.39, 0.29) is 5.97 Å². The van der Waals surface area contributed by atoms with Gasteiger partial charge < -0.3 is 19.5 Å². The normalized spacial score (nSPS) is 12.0. The van der Waals surface area contributed by atoms with Crippen molar-refractivity contribution < 1.29 is 19.0 Å². The van der Waals surface area contributed by atoms with Gasteiger partial charge in [0.2, 0.25) is 5.16 Å². The molecular formula is C41H38N4O4S. The lowest BCUT2D eigenvalue weighted by Gasteiger charge is -2.16. The number of carbonyl (C=O) groups excluding carboxylic acids is 1. The Morgan fingerprint density at radius 2 is 1.54 bits per heavy atom. The minimum absolute atomic E-state index is 0.301. The Kier molecular flexibility index (Phi) is 10.1. The van der Waals surface area contributed by atoms with Gasteiger partial charge in [-0.3, -0.25) is 9.36 Å². The fourth-order valence-electron chi connectivity index (χ4n) is 6.15. The summed E-state index contributed by atoms with van der Waals surface area (Å²) < 4.78 is 20.1. The van der Waals surface area contributed by atoms with Gasteiger partial charge >= 0.3 is 5.97 Å². The molecular weight excluding hydrogens is 645 g/mol. The van der Waals surface area contributed by atoms with Crippen molar-refractivity contribution in [1.29, 1.82) is 0 Å². The van der Waals surface area contributed by atoms with Crippen LogP contribution in [0.3, 0.4) is 0 Å². The quantitative estimate of drug-likeness (QED) is 0.0955. The number of nitrogens with zero attached hydrogens (tertiary/aromatic N) is 3. The fourth-order valence-corrected chi connectivity index (χ4v) is 7.05. The average molecular weight is 683 g/mol. The summed E-state index contributed by atoms with van der Waals surface area (Å²) in [6.45, 7) is 4.84. The number of ether oxygens (including phenoxy) is 3. The van der Waals surface area contributed by atoms with Crippen LogP contribution in [0.2, 0.25) is 0 Å². The maximum atomic E-state index is 11.3. The zero-order chi connectivity index (χ0) is 34.3. The molecule has 0 amide bonds. The van der Waals surface area contributed by atoms with Crippen molar-refractivity contribution in [3.05, 3.63) is 149 Å². The highest BCUT2D eigenvalue weighted by Crippen LogP contribution is 2.36. The highest BCUT2D eigenvalue weighted by molar-refractivity contribution is 7.99. The molecule has 1 heterocycles. The van der Waals surface area contributed by atoms with Crippen LogP contribution in [0.15, 0.2) is 125 Å². The molecule has 1 aliphatic rings. The van der Waals surface area contributed by atoms with Gasteiger partial charge in [0, 0.05) is 35.3 Å². The van der Waals surface area contributed by atoms with Crippen LogP contribution in [-0.2, 0) is 37.4 Å². The molecule has 5 aromatic carbocycles. The van der Waals surface area contributed by atoms with Crippen LogP contribution >= 0.6 is 11.8 Å². The molecule has 6 aromatic rings. The third kappa shape index (κ3) is 7.84. The van der Waals surface area contributed by atoms with Gasteiger partial charge in [-0.15, -0.1) is 10.2 Å². The lowest BCUT2D eigenvalue weighted by molar-refractivity contribution is -0.131. The number of rotatable bonds is 13. The van der Waals surface area contributed by atoms with Gasteiger partial charge in [-0.05, 0) is 115 Å². The van der Waals surface area contributed by atoms with E-state index in [4.69, 9.17) is 14.2 Å². The number of benzene rings is 5. The number of carbonyl (C=O) groups is 1. The number of esters is 1. The van der Waals surface area contributed by atoms with E-state index in [0.717, 1.165) is 69.1 Å². The molecule has 0 radical (unpaired) electrons. The topological polar surface area (TPSA) is 87.5 Å². The molecule has 8 nitrogen and oxygen atoms in total.